The maximum absolute atomic E-state index is 5.70. The summed E-state index contributed by atoms with van der Waals surface area (Å²) in [6, 6.07) is 11.8. The Bertz CT molecular complexity index is 532. The van der Waals surface area contributed by atoms with Crippen molar-refractivity contribution in [2.24, 2.45) is 0 Å². The predicted molar refractivity (Wildman–Crippen MR) is 87.1 cm³/mol. The highest BCUT2D eigenvalue weighted by molar-refractivity contribution is 14.1. The lowest BCUT2D eigenvalue weighted by molar-refractivity contribution is 0.199. The number of methoxy groups -OCH3 is 1. The van der Waals surface area contributed by atoms with Crippen molar-refractivity contribution in [3.8, 4) is 11.6 Å². The number of aromatic nitrogens is 1. The zero-order valence-corrected chi connectivity index (χ0v) is 13.5. The molecule has 0 radical (unpaired) electrons. The summed E-state index contributed by atoms with van der Waals surface area (Å²) in [6.45, 7) is 2.32. The van der Waals surface area contributed by atoms with Crippen molar-refractivity contribution >= 4 is 22.6 Å². The fraction of sp³-hybridized carbons (Fsp3) is 0.267. The van der Waals surface area contributed by atoms with Gasteiger partial charge in [0.05, 0.1) is 6.61 Å². The monoisotopic (exact) mass is 384 g/mol. The summed E-state index contributed by atoms with van der Waals surface area (Å²) in [7, 11) is 1.69. The number of ether oxygens (including phenoxy) is 2. The molecule has 0 amide bonds. The van der Waals surface area contributed by atoms with Gasteiger partial charge in [-0.05, 0) is 46.4 Å². The van der Waals surface area contributed by atoms with Crippen LogP contribution in [0.1, 0.15) is 5.56 Å². The second-order valence-corrected chi connectivity index (χ2v) is 5.48. The van der Waals surface area contributed by atoms with E-state index in [1.54, 1.807) is 7.11 Å². The Morgan fingerprint density at radius 1 is 1.25 bits per heavy atom. The second-order valence-electron chi connectivity index (χ2n) is 4.23. The van der Waals surface area contributed by atoms with Gasteiger partial charge in [-0.2, -0.15) is 0 Å². The van der Waals surface area contributed by atoms with E-state index in [1.165, 1.54) is 0 Å². The van der Waals surface area contributed by atoms with Gasteiger partial charge in [0.25, 0.3) is 0 Å². The van der Waals surface area contributed by atoms with Crippen LogP contribution >= 0.6 is 22.6 Å². The van der Waals surface area contributed by atoms with Crippen molar-refractivity contribution < 1.29 is 9.47 Å². The second kappa shape index (κ2) is 8.18. The molecule has 0 aliphatic carbocycles. The average Bonchev–Trinajstić information content (AvgIpc) is 2.45. The molecule has 4 nitrogen and oxygen atoms in total. The third-order valence-corrected chi connectivity index (χ3v) is 3.30. The highest BCUT2D eigenvalue weighted by Gasteiger charge is 2.00. The largest absolute Gasteiger partial charge is 0.439 e. The summed E-state index contributed by atoms with van der Waals surface area (Å²) >= 11 is 2.26. The molecule has 1 aromatic heterocycles. The van der Waals surface area contributed by atoms with Gasteiger partial charge in [-0.15, -0.1) is 0 Å². The smallest absolute Gasteiger partial charge is 0.219 e. The maximum atomic E-state index is 5.70. The molecule has 1 heterocycles. The lowest BCUT2D eigenvalue weighted by atomic mass is 10.3. The normalized spacial score (nSPS) is 10.5. The van der Waals surface area contributed by atoms with E-state index in [4.69, 9.17) is 9.47 Å². The van der Waals surface area contributed by atoms with E-state index in [0.29, 0.717) is 12.5 Å². The Hall–Kier alpha value is -1.18. The molecule has 0 unspecified atom stereocenters. The van der Waals surface area contributed by atoms with E-state index in [9.17, 15) is 0 Å². The minimum Gasteiger partial charge on any atom is -0.439 e. The van der Waals surface area contributed by atoms with Gasteiger partial charge in [-0.1, -0.05) is 12.1 Å². The van der Waals surface area contributed by atoms with Crippen LogP contribution < -0.4 is 10.1 Å². The molecule has 0 fully saturated rings. The molecule has 0 atom stereocenters. The van der Waals surface area contributed by atoms with Gasteiger partial charge in [0.2, 0.25) is 5.88 Å². The summed E-state index contributed by atoms with van der Waals surface area (Å²) in [5, 5.41) is 3.27. The number of nitrogens with one attached hydrogen (secondary N) is 1. The van der Waals surface area contributed by atoms with Crippen LogP contribution in [0.25, 0.3) is 0 Å². The van der Waals surface area contributed by atoms with Crippen molar-refractivity contribution in [1.29, 1.82) is 0 Å². The Labute approximate surface area is 132 Å². The van der Waals surface area contributed by atoms with Crippen LogP contribution in [0.15, 0.2) is 42.6 Å². The highest BCUT2D eigenvalue weighted by Crippen LogP contribution is 2.21. The molecule has 0 saturated heterocycles. The number of hydrogen-bond donors (Lipinski definition) is 1. The van der Waals surface area contributed by atoms with E-state index in [-0.39, 0.29) is 0 Å². The fourth-order valence-corrected chi connectivity index (χ4v) is 2.15. The van der Waals surface area contributed by atoms with Crippen molar-refractivity contribution in [3.63, 3.8) is 0 Å². The van der Waals surface area contributed by atoms with Gasteiger partial charge >= 0.3 is 0 Å². The SMILES string of the molecule is COCCNCc1ccc(Oc2cccc(I)c2)nc1. The van der Waals surface area contributed by atoms with Crippen molar-refractivity contribution in [3.05, 3.63) is 51.7 Å². The van der Waals surface area contributed by atoms with Gasteiger partial charge < -0.3 is 14.8 Å². The van der Waals surface area contributed by atoms with Crippen LogP contribution in [0.5, 0.6) is 11.6 Å². The summed E-state index contributed by atoms with van der Waals surface area (Å²) in [5.41, 5.74) is 1.12. The predicted octanol–water partition coefficient (Wildman–Crippen LogP) is 3.21. The van der Waals surface area contributed by atoms with E-state index in [0.717, 1.165) is 28.0 Å². The lowest BCUT2D eigenvalue weighted by Crippen LogP contribution is -2.18. The summed E-state index contributed by atoms with van der Waals surface area (Å²) < 4.78 is 11.8. The van der Waals surface area contributed by atoms with E-state index >= 15 is 0 Å². The summed E-state index contributed by atoms with van der Waals surface area (Å²) in [5.74, 6) is 1.41. The first-order valence-corrected chi connectivity index (χ1v) is 7.44. The van der Waals surface area contributed by atoms with Crippen LogP contribution in [-0.2, 0) is 11.3 Å². The zero-order valence-electron chi connectivity index (χ0n) is 11.3. The Kier molecular flexibility index (Phi) is 6.23. The summed E-state index contributed by atoms with van der Waals surface area (Å²) in [6.07, 6.45) is 1.82. The molecule has 1 aromatic carbocycles. The Balaban J connectivity index is 1.88. The minimum atomic E-state index is 0.604. The average molecular weight is 384 g/mol. The maximum Gasteiger partial charge on any atom is 0.219 e. The van der Waals surface area contributed by atoms with Gasteiger partial charge in [-0.3, -0.25) is 0 Å². The molecule has 0 bridgehead atoms. The molecule has 2 aromatic rings. The van der Waals surface area contributed by atoms with Crippen LogP contribution in [0.2, 0.25) is 0 Å². The molecular weight excluding hydrogens is 367 g/mol. The Morgan fingerprint density at radius 3 is 2.85 bits per heavy atom. The van der Waals surface area contributed by atoms with Crippen molar-refractivity contribution in [1.82, 2.24) is 10.3 Å². The number of nitrogens with zero attached hydrogens (tertiary/aromatic N) is 1. The van der Waals surface area contributed by atoms with Crippen molar-refractivity contribution in [2.75, 3.05) is 20.3 Å². The Morgan fingerprint density at radius 2 is 2.15 bits per heavy atom. The van der Waals surface area contributed by atoms with E-state index in [2.05, 4.69) is 32.9 Å². The standard InChI is InChI=1S/C15H17IN2O2/c1-19-8-7-17-10-12-5-6-15(18-11-12)20-14-4-2-3-13(16)9-14/h2-6,9,11,17H,7-8,10H2,1H3. The fourth-order valence-electron chi connectivity index (χ4n) is 1.63. The topological polar surface area (TPSA) is 43.4 Å². The molecule has 0 aliphatic rings. The third kappa shape index (κ3) is 5.07. The number of rotatable bonds is 7. The first-order valence-electron chi connectivity index (χ1n) is 6.36. The van der Waals surface area contributed by atoms with Crippen LogP contribution in [0.4, 0.5) is 0 Å². The molecule has 0 spiro atoms. The van der Waals surface area contributed by atoms with Crippen LogP contribution in [0.3, 0.4) is 0 Å². The molecule has 5 heteroatoms. The summed E-state index contributed by atoms with van der Waals surface area (Å²) in [4.78, 5) is 4.31. The van der Waals surface area contributed by atoms with Gasteiger partial charge in [0.15, 0.2) is 0 Å². The molecule has 0 saturated carbocycles. The quantitative estimate of drug-likeness (QED) is 0.588. The zero-order chi connectivity index (χ0) is 14.2. The van der Waals surface area contributed by atoms with E-state index < -0.39 is 0 Å². The van der Waals surface area contributed by atoms with Gasteiger partial charge in [-0.25, -0.2) is 4.98 Å². The molecule has 0 aliphatic heterocycles. The molecule has 2 rings (SSSR count). The number of pyridine rings is 1. The minimum absolute atomic E-state index is 0.604. The molecule has 1 N–H and O–H groups in total. The number of benzene rings is 1. The first kappa shape index (κ1) is 15.2. The van der Waals surface area contributed by atoms with Gasteiger partial charge in [0.1, 0.15) is 5.75 Å². The van der Waals surface area contributed by atoms with E-state index in [1.807, 2.05) is 42.6 Å². The van der Waals surface area contributed by atoms with Crippen LogP contribution in [0, 0.1) is 3.57 Å². The lowest BCUT2D eigenvalue weighted by Gasteiger charge is -2.07. The number of hydrogen-bond acceptors (Lipinski definition) is 4. The highest BCUT2D eigenvalue weighted by atomic mass is 127. The molecular formula is C15H17IN2O2. The van der Waals surface area contributed by atoms with Crippen LogP contribution in [-0.4, -0.2) is 25.2 Å². The molecule has 20 heavy (non-hydrogen) atoms. The molecule has 106 valence electrons. The van der Waals surface area contributed by atoms with Gasteiger partial charge in [0, 0.05) is 36.0 Å². The van der Waals surface area contributed by atoms with Crippen molar-refractivity contribution in [2.45, 2.75) is 6.54 Å². The number of halogens is 1. The first-order chi connectivity index (χ1) is 9.78. The third-order valence-electron chi connectivity index (χ3n) is 2.63.